The predicted octanol–water partition coefficient (Wildman–Crippen LogP) is 2.48. The summed E-state index contributed by atoms with van der Waals surface area (Å²) in [5, 5.41) is 20.1. The zero-order valence-corrected chi connectivity index (χ0v) is 17.7. The Hall–Kier alpha value is -4.30. The molecule has 2 aromatic rings. The standard InChI is InChI=1S/C23H22N2O8/c1-14(12-20(27)25-19(23(31)32)10-11-21(28)29)33-18-8-4-16(5-9-18)22(30)15-2-6-17(7-3-15)24-13-26/h2-9,14,19H,10-12H2,1H3,(H,25,27)(H,28,29)(H,31,32). The molecule has 0 heterocycles. The number of carbonyl (C=O) groups excluding carboxylic acids is 3. The maximum absolute atomic E-state index is 12.6. The summed E-state index contributed by atoms with van der Waals surface area (Å²) in [6.45, 7) is 1.62. The lowest BCUT2D eigenvalue weighted by Crippen LogP contribution is -2.42. The minimum atomic E-state index is -1.32. The highest BCUT2D eigenvalue weighted by Gasteiger charge is 2.22. The molecule has 1 amide bonds. The van der Waals surface area contributed by atoms with Gasteiger partial charge in [-0.1, -0.05) is 0 Å². The lowest BCUT2D eigenvalue weighted by Gasteiger charge is -2.17. The molecule has 0 aliphatic rings. The van der Waals surface area contributed by atoms with Crippen LogP contribution in [0.5, 0.6) is 5.75 Å². The van der Waals surface area contributed by atoms with Gasteiger partial charge in [-0.15, -0.1) is 0 Å². The summed E-state index contributed by atoms with van der Waals surface area (Å²) < 4.78 is 5.65. The maximum atomic E-state index is 12.6. The summed E-state index contributed by atoms with van der Waals surface area (Å²) in [6, 6.07) is 11.1. The van der Waals surface area contributed by atoms with E-state index in [1.807, 2.05) is 0 Å². The molecule has 2 rings (SSSR count). The van der Waals surface area contributed by atoms with Gasteiger partial charge in [0.2, 0.25) is 12.0 Å². The first-order valence-electron chi connectivity index (χ1n) is 9.93. The molecule has 2 aromatic carbocycles. The summed E-state index contributed by atoms with van der Waals surface area (Å²) >= 11 is 0. The van der Waals surface area contributed by atoms with Crippen molar-refractivity contribution in [1.29, 1.82) is 0 Å². The van der Waals surface area contributed by atoms with Crippen molar-refractivity contribution in [2.45, 2.75) is 38.3 Å². The molecule has 0 bridgehead atoms. The first-order chi connectivity index (χ1) is 15.7. The predicted molar refractivity (Wildman–Crippen MR) is 115 cm³/mol. The smallest absolute Gasteiger partial charge is 0.326 e. The van der Waals surface area contributed by atoms with Gasteiger partial charge in [-0.05, 0) is 61.9 Å². The van der Waals surface area contributed by atoms with Crippen LogP contribution in [0.25, 0.3) is 0 Å². The highest BCUT2D eigenvalue weighted by atomic mass is 16.5. The lowest BCUT2D eigenvalue weighted by molar-refractivity contribution is -0.143. The molecule has 0 radical (unpaired) electrons. The molecule has 0 aliphatic heterocycles. The molecule has 2 unspecified atom stereocenters. The third-order valence-corrected chi connectivity index (χ3v) is 4.51. The largest absolute Gasteiger partial charge is 0.490 e. The number of aliphatic carboxylic acids is 2. The van der Waals surface area contributed by atoms with Gasteiger partial charge in [0.05, 0.1) is 12.1 Å². The fourth-order valence-electron chi connectivity index (χ4n) is 2.91. The summed E-state index contributed by atoms with van der Waals surface area (Å²) in [6.07, 6.45) is 0.0625. The summed E-state index contributed by atoms with van der Waals surface area (Å²) in [4.78, 5) is 60.2. The molecule has 0 saturated heterocycles. The van der Waals surface area contributed by atoms with E-state index in [0.29, 0.717) is 22.6 Å². The van der Waals surface area contributed by atoms with Crippen LogP contribution in [0.2, 0.25) is 0 Å². The fourth-order valence-corrected chi connectivity index (χ4v) is 2.91. The topological polar surface area (TPSA) is 159 Å². The lowest BCUT2D eigenvalue weighted by atomic mass is 10.0. The SMILES string of the molecule is CC(CC(=O)NC(CCC(=O)O)C(=O)O)Oc1ccc(C(=O)c2ccc(N=C=O)cc2)cc1. The zero-order valence-electron chi connectivity index (χ0n) is 17.7. The molecule has 0 fully saturated rings. The highest BCUT2D eigenvalue weighted by Crippen LogP contribution is 2.19. The number of carbonyl (C=O) groups is 4. The number of benzene rings is 2. The van der Waals surface area contributed by atoms with Crippen LogP contribution < -0.4 is 10.1 Å². The van der Waals surface area contributed by atoms with Gasteiger partial charge in [-0.2, -0.15) is 4.99 Å². The van der Waals surface area contributed by atoms with Gasteiger partial charge < -0.3 is 20.3 Å². The quantitative estimate of drug-likeness (QED) is 0.250. The number of nitrogens with one attached hydrogen (secondary N) is 1. The van der Waals surface area contributed by atoms with E-state index in [2.05, 4.69) is 10.3 Å². The molecule has 10 heteroatoms. The zero-order chi connectivity index (χ0) is 24.4. The number of rotatable bonds is 12. The second-order valence-corrected chi connectivity index (χ2v) is 7.13. The number of carboxylic acids is 2. The average Bonchev–Trinajstić information content (AvgIpc) is 2.77. The van der Waals surface area contributed by atoms with Crippen LogP contribution in [0, 0.1) is 0 Å². The van der Waals surface area contributed by atoms with Crippen molar-refractivity contribution in [1.82, 2.24) is 5.32 Å². The number of amides is 1. The molecule has 0 spiro atoms. The fraction of sp³-hybridized carbons (Fsp3) is 0.261. The summed E-state index contributed by atoms with van der Waals surface area (Å²) in [5.41, 5.74) is 1.21. The molecular formula is C23H22N2O8. The monoisotopic (exact) mass is 454 g/mol. The van der Waals surface area contributed by atoms with E-state index in [0.717, 1.165) is 0 Å². The number of ether oxygens (including phenoxy) is 1. The van der Waals surface area contributed by atoms with Gasteiger partial charge in [0, 0.05) is 17.5 Å². The second-order valence-electron chi connectivity index (χ2n) is 7.13. The van der Waals surface area contributed by atoms with Crippen molar-refractivity contribution < 1.29 is 38.9 Å². The molecule has 2 atom stereocenters. The van der Waals surface area contributed by atoms with Crippen LogP contribution in [0.4, 0.5) is 5.69 Å². The van der Waals surface area contributed by atoms with Gasteiger partial charge in [-0.3, -0.25) is 14.4 Å². The Morgan fingerprint density at radius 3 is 2.09 bits per heavy atom. The van der Waals surface area contributed by atoms with Crippen LogP contribution >= 0.6 is 0 Å². The van der Waals surface area contributed by atoms with Crippen molar-refractivity contribution in [2.75, 3.05) is 0 Å². The Morgan fingerprint density at radius 2 is 1.58 bits per heavy atom. The van der Waals surface area contributed by atoms with E-state index >= 15 is 0 Å². The van der Waals surface area contributed by atoms with Gasteiger partial charge in [0.15, 0.2) is 5.78 Å². The molecule has 0 aromatic heterocycles. The maximum Gasteiger partial charge on any atom is 0.326 e. The van der Waals surface area contributed by atoms with E-state index < -0.39 is 30.0 Å². The van der Waals surface area contributed by atoms with Crippen molar-refractivity contribution >= 4 is 35.4 Å². The van der Waals surface area contributed by atoms with Crippen LogP contribution in [0.15, 0.2) is 53.5 Å². The van der Waals surface area contributed by atoms with Gasteiger partial charge >= 0.3 is 11.9 Å². The Morgan fingerprint density at radius 1 is 1.00 bits per heavy atom. The first kappa shape index (κ1) is 25.0. The van der Waals surface area contributed by atoms with Crippen molar-refractivity contribution in [2.24, 2.45) is 4.99 Å². The van der Waals surface area contributed by atoms with E-state index in [4.69, 9.17) is 14.9 Å². The first-order valence-corrected chi connectivity index (χ1v) is 9.93. The Labute approximate surface area is 188 Å². The van der Waals surface area contributed by atoms with Crippen LogP contribution in [0.3, 0.4) is 0 Å². The van der Waals surface area contributed by atoms with Gasteiger partial charge in [0.1, 0.15) is 17.9 Å². The molecule has 0 saturated carbocycles. The van der Waals surface area contributed by atoms with Crippen LogP contribution in [0.1, 0.15) is 42.1 Å². The number of nitrogens with zero attached hydrogens (tertiary/aromatic N) is 1. The third kappa shape index (κ3) is 8.04. The molecule has 10 nitrogen and oxygen atoms in total. The molecule has 33 heavy (non-hydrogen) atoms. The Bertz CT molecular complexity index is 1060. The summed E-state index contributed by atoms with van der Waals surface area (Å²) in [7, 11) is 0. The highest BCUT2D eigenvalue weighted by molar-refractivity contribution is 6.09. The van der Waals surface area contributed by atoms with E-state index in [-0.39, 0.29) is 25.0 Å². The minimum Gasteiger partial charge on any atom is -0.490 e. The van der Waals surface area contributed by atoms with E-state index in [1.165, 1.54) is 18.2 Å². The van der Waals surface area contributed by atoms with Gasteiger partial charge in [0.25, 0.3) is 0 Å². The third-order valence-electron chi connectivity index (χ3n) is 4.51. The molecule has 3 N–H and O–H groups in total. The number of hydrogen-bond donors (Lipinski definition) is 3. The number of aliphatic imine (C=N–C) groups is 1. The second kappa shape index (κ2) is 11.9. The van der Waals surface area contributed by atoms with Gasteiger partial charge in [-0.25, -0.2) is 9.59 Å². The number of hydrogen-bond acceptors (Lipinski definition) is 7. The Balaban J connectivity index is 1.92. The van der Waals surface area contributed by atoms with Crippen molar-refractivity contribution in [3.8, 4) is 5.75 Å². The normalized spacial score (nSPS) is 12.0. The van der Waals surface area contributed by atoms with Crippen LogP contribution in [-0.2, 0) is 19.2 Å². The van der Waals surface area contributed by atoms with Crippen LogP contribution in [-0.4, -0.2) is 52.1 Å². The molecular weight excluding hydrogens is 432 g/mol. The Kier molecular flexibility index (Phi) is 9.02. The average molecular weight is 454 g/mol. The number of carboxylic acid groups (broad SMARTS) is 2. The molecule has 172 valence electrons. The van der Waals surface area contributed by atoms with E-state index in [1.54, 1.807) is 43.3 Å². The minimum absolute atomic E-state index is 0.146. The van der Waals surface area contributed by atoms with Crippen molar-refractivity contribution in [3.63, 3.8) is 0 Å². The number of ketones is 1. The van der Waals surface area contributed by atoms with E-state index in [9.17, 15) is 24.0 Å². The summed E-state index contributed by atoms with van der Waals surface area (Å²) in [5.74, 6) is -2.89. The molecule has 0 aliphatic carbocycles. The van der Waals surface area contributed by atoms with Crippen molar-refractivity contribution in [3.05, 3.63) is 59.7 Å². The number of isocyanates is 1.